The summed E-state index contributed by atoms with van der Waals surface area (Å²) < 4.78 is 0. The lowest BCUT2D eigenvalue weighted by atomic mass is 9.91. The fraction of sp³-hybridized carbons (Fsp3) is 0.300. The predicted octanol–water partition coefficient (Wildman–Crippen LogP) is 1.65. The number of aromatic hydroxyl groups is 1. The number of aromatic nitrogens is 1. The van der Waals surface area contributed by atoms with Crippen LogP contribution in [0.3, 0.4) is 0 Å². The van der Waals surface area contributed by atoms with Gasteiger partial charge in [-0.3, -0.25) is 9.78 Å². The SMILES string of the molecule is O=c1cc(C=C2CCC2)cc(O)[nH]1. The first-order valence-electron chi connectivity index (χ1n) is 4.37. The van der Waals surface area contributed by atoms with Crippen molar-refractivity contribution >= 4 is 6.08 Å². The van der Waals surface area contributed by atoms with Crippen molar-refractivity contribution in [1.29, 1.82) is 0 Å². The predicted molar refractivity (Wildman–Crippen MR) is 50.6 cm³/mol. The first-order valence-corrected chi connectivity index (χ1v) is 4.37. The third-order valence-corrected chi connectivity index (χ3v) is 2.22. The van der Waals surface area contributed by atoms with Crippen molar-refractivity contribution in [2.75, 3.05) is 0 Å². The summed E-state index contributed by atoms with van der Waals surface area (Å²) >= 11 is 0. The van der Waals surface area contributed by atoms with Crippen LogP contribution in [0.25, 0.3) is 6.08 Å². The Morgan fingerprint density at radius 3 is 2.69 bits per heavy atom. The summed E-state index contributed by atoms with van der Waals surface area (Å²) in [6.45, 7) is 0. The van der Waals surface area contributed by atoms with Gasteiger partial charge >= 0.3 is 0 Å². The smallest absolute Gasteiger partial charge is 0.251 e. The molecule has 0 spiro atoms. The zero-order valence-corrected chi connectivity index (χ0v) is 7.21. The Morgan fingerprint density at radius 1 is 1.38 bits per heavy atom. The van der Waals surface area contributed by atoms with Gasteiger partial charge in [-0.1, -0.05) is 11.6 Å². The van der Waals surface area contributed by atoms with Crippen LogP contribution in [-0.2, 0) is 0 Å². The van der Waals surface area contributed by atoms with E-state index in [0.29, 0.717) is 0 Å². The minimum atomic E-state index is -0.258. The van der Waals surface area contributed by atoms with Gasteiger partial charge in [0.1, 0.15) is 0 Å². The van der Waals surface area contributed by atoms with Gasteiger partial charge in [-0.25, -0.2) is 0 Å². The largest absolute Gasteiger partial charge is 0.494 e. The van der Waals surface area contributed by atoms with E-state index in [-0.39, 0.29) is 11.4 Å². The van der Waals surface area contributed by atoms with E-state index >= 15 is 0 Å². The Bertz CT molecular complexity index is 398. The lowest BCUT2D eigenvalue weighted by Gasteiger charge is -2.15. The average Bonchev–Trinajstić information content (AvgIpc) is 1.95. The van der Waals surface area contributed by atoms with Crippen molar-refractivity contribution in [3.05, 3.63) is 33.6 Å². The highest BCUT2D eigenvalue weighted by Gasteiger charge is 2.07. The summed E-state index contributed by atoms with van der Waals surface area (Å²) in [6.07, 6.45) is 5.45. The highest BCUT2D eigenvalue weighted by atomic mass is 16.3. The van der Waals surface area contributed by atoms with Gasteiger partial charge in [0.2, 0.25) is 0 Å². The molecule has 0 unspecified atom stereocenters. The molecule has 1 heterocycles. The molecule has 1 aliphatic carbocycles. The fourth-order valence-corrected chi connectivity index (χ4v) is 1.39. The Kier molecular flexibility index (Phi) is 1.93. The van der Waals surface area contributed by atoms with Gasteiger partial charge in [0.05, 0.1) is 0 Å². The van der Waals surface area contributed by atoms with Gasteiger partial charge in [-0.2, -0.15) is 0 Å². The summed E-state index contributed by atoms with van der Waals surface area (Å²) in [7, 11) is 0. The Labute approximate surface area is 75.7 Å². The van der Waals surface area contributed by atoms with Gasteiger partial charge < -0.3 is 5.11 Å². The van der Waals surface area contributed by atoms with E-state index in [1.54, 1.807) is 6.07 Å². The number of hydrogen-bond donors (Lipinski definition) is 2. The van der Waals surface area contributed by atoms with Gasteiger partial charge in [0.25, 0.3) is 5.56 Å². The van der Waals surface area contributed by atoms with E-state index in [9.17, 15) is 4.79 Å². The summed E-state index contributed by atoms with van der Waals surface area (Å²) in [5.74, 6) is -0.0707. The first kappa shape index (κ1) is 8.10. The molecule has 1 aliphatic rings. The molecule has 1 aromatic heterocycles. The van der Waals surface area contributed by atoms with Gasteiger partial charge in [-0.15, -0.1) is 0 Å². The van der Waals surface area contributed by atoms with Crippen LogP contribution in [0, 0.1) is 0 Å². The van der Waals surface area contributed by atoms with Crippen LogP contribution in [0.4, 0.5) is 0 Å². The summed E-state index contributed by atoms with van der Waals surface area (Å²) in [5, 5.41) is 9.11. The second-order valence-electron chi connectivity index (χ2n) is 3.32. The van der Waals surface area contributed by atoms with E-state index in [1.165, 1.54) is 18.1 Å². The van der Waals surface area contributed by atoms with E-state index < -0.39 is 0 Å². The van der Waals surface area contributed by atoms with E-state index in [1.807, 2.05) is 6.08 Å². The molecular formula is C10H11NO2. The van der Waals surface area contributed by atoms with Crippen molar-refractivity contribution < 1.29 is 5.11 Å². The topological polar surface area (TPSA) is 53.1 Å². The molecule has 68 valence electrons. The van der Waals surface area contributed by atoms with Crippen LogP contribution >= 0.6 is 0 Å². The fourth-order valence-electron chi connectivity index (χ4n) is 1.39. The number of nitrogens with one attached hydrogen (secondary N) is 1. The molecule has 0 aromatic carbocycles. The molecule has 0 amide bonds. The second kappa shape index (κ2) is 3.09. The summed E-state index contributed by atoms with van der Waals surface area (Å²) in [6, 6.07) is 3.05. The van der Waals surface area contributed by atoms with Crippen LogP contribution in [0.15, 0.2) is 22.5 Å². The second-order valence-corrected chi connectivity index (χ2v) is 3.32. The van der Waals surface area contributed by atoms with Crippen LogP contribution in [-0.4, -0.2) is 10.1 Å². The number of hydrogen-bond acceptors (Lipinski definition) is 2. The number of allylic oxidation sites excluding steroid dienone is 1. The first-order chi connectivity index (χ1) is 6.24. The van der Waals surface area contributed by atoms with Crippen molar-refractivity contribution in [1.82, 2.24) is 4.98 Å². The zero-order valence-electron chi connectivity index (χ0n) is 7.21. The normalized spacial score (nSPS) is 15.2. The van der Waals surface area contributed by atoms with Crippen LogP contribution < -0.4 is 5.56 Å². The van der Waals surface area contributed by atoms with Crippen molar-refractivity contribution in [3.63, 3.8) is 0 Å². The van der Waals surface area contributed by atoms with Crippen LogP contribution in [0.5, 0.6) is 5.88 Å². The third kappa shape index (κ3) is 1.80. The molecule has 0 saturated heterocycles. The van der Waals surface area contributed by atoms with E-state index in [4.69, 9.17) is 5.11 Å². The summed E-state index contributed by atoms with van der Waals surface area (Å²) in [5.41, 5.74) is 1.88. The molecule has 1 saturated carbocycles. The number of H-pyrrole nitrogens is 1. The molecule has 13 heavy (non-hydrogen) atoms. The molecular weight excluding hydrogens is 166 g/mol. The van der Waals surface area contributed by atoms with Gasteiger partial charge in [-0.05, 0) is 24.8 Å². The molecule has 0 atom stereocenters. The molecule has 3 heteroatoms. The minimum Gasteiger partial charge on any atom is -0.494 e. The molecule has 0 radical (unpaired) electrons. The molecule has 1 fully saturated rings. The maximum absolute atomic E-state index is 11.0. The third-order valence-electron chi connectivity index (χ3n) is 2.22. The highest BCUT2D eigenvalue weighted by molar-refractivity contribution is 5.54. The number of rotatable bonds is 1. The molecule has 3 nitrogen and oxygen atoms in total. The minimum absolute atomic E-state index is 0.0707. The van der Waals surface area contributed by atoms with E-state index in [0.717, 1.165) is 18.4 Å². The maximum atomic E-state index is 11.0. The van der Waals surface area contributed by atoms with Crippen LogP contribution in [0.1, 0.15) is 24.8 Å². The van der Waals surface area contributed by atoms with Crippen molar-refractivity contribution in [2.45, 2.75) is 19.3 Å². The van der Waals surface area contributed by atoms with E-state index in [2.05, 4.69) is 4.98 Å². The van der Waals surface area contributed by atoms with Gasteiger partial charge in [0.15, 0.2) is 5.88 Å². The lowest BCUT2D eigenvalue weighted by molar-refractivity contribution is 0.451. The Balaban J connectivity index is 2.34. The standard InChI is InChI=1S/C10H11NO2/c12-9-5-8(6-10(13)11-9)4-7-2-1-3-7/h4-6H,1-3H2,(H2,11,12,13). The van der Waals surface area contributed by atoms with Crippen molar-refractivity contribution in [3.8, 4) is 5.88 Å². The van der Waals surface area contributed by atoms with Crippen LogP contribution in [0.2, 0.25) is 0 Å². The Hall–Kier alpha value is -1.51. The lowest BCUT2D eigenvalue weighted by Crippen LogP contribution is -2.04. The monoisotopic (exact) mass is 177 g/mol. The Morgan fingerprint density at radius 2 is 2.15 bits per heavy atom. The molecule has 0 aliphatic heterocycles. The molecule has 0 bridgehead atoms. The summed E-state index contributed by atoms with van der Waals surface area (Å²) in [4.78, 5) is 13.2. The molecule has 1 aromatic rings. The maximum Gasteiger partial charge on any atom is 0.251 e. The number of aromatic amines is 1. The average molecular weight is 177 g/mol. The quantitative estimate of drug-likeness (QED) is 0.685. The van der Waals surface area contributed by atoms with Gasteiger partial charge in [0, 0.05) is 12.1 Å². The zero-order chi connectivity index (χ0) is 9.26. The molecule has 2 rings (SSSR count). The molecule has 2 N–H and O–H groups in total. The highest BCUT2D eigenvalue weighted by Crippen LogP contribution is 2.27. The number of pyridine rings is 1. The van der Waals surface area contributed by atoms with Crippen molar-refractivity contribution in [2.24, 2.45) is 0 Å².